The molecule has 0 fully saturated rings. The summed E-state index contributed by atoms with van der Waals surface area (Å²) in [7, 11) is 0. The number of nitrogens with one attached hydrogen (secondary N) is 2. The lowest BCUT2D eigenvalue weighted by molar-refractivity contribution is -0.113. The Kier molecular flexibility index (Phi) is 6.82. The van der Waals surface area contributed by atoms with E-state index in [1.54, 1.807) is 6.08 Å². The van der Waals surface area contributed by atoms with Gasteiger partial charge in [0.05, 0.1) is 11.4 Å². The smallest absolute Gasteiger partial charge is 0.236 e. The number of aromatic nitrogens is 3. The second kappa shape index (κ2) is 9.31. The van der Waals surface area contributed by atoms with E-state index in [4.69, 9.17) is 0 Å². The fraction of sp³-hybridized carbons (Fsp3) is 0.263. The number of aryl methyl sites for hydroxylation is 3. The van der Waals surface area contributed by atoms with Crippen LogP contribution in [0.2, 0.25) is 0 Å². The van der Waals surface area contributed by atoms with Crippen molar-refractivity contribution in [2.45, 2.75) is 25.1 Å². The zero-order valence-corrected chi connectivity index (χ0v) is 18.4. The van der Waals surface area contributed by atoms with Crippen LogP contribution < -0.4 is 10.6 Å². The Bertz CT molecular complexity index is 995. The van der Waals surface area contributed by atoms with Crippen LogP contribution in [0.1, 0.15) is 16.7 Å². The first-order valence-electron chi connectivity index (χ1n) is 8.61. The minimum atomic E-state index is -0.112. The van der Waals surface area contributed by atoms with Crippen molar-refractivity contribution in [1.82, 2.24) is 15.2 Å². The first kappa shape index (κ1) is 20.5. The number of carbonyl (C=O) groups excluding carboxylic acids is 1. The molecule has 0 aliphatic carbocycles. The molecule has 0 saturated heterocycles. The molecule has 1 amide bonds. The summed E-state index contributed by atoms with van der Waals surface area (Å²) in [5.41, 5.74) is 5.66. The number of thiazole rings is 1. The van der Waals surface area contributed by atoms with Crippen molar-refractivity contribution in [3.05, 3.63) is 46.9 Å². The molecule has 6 nitrogen and oxygen atoms in total. The maximum absolute atomic E-state index is 12.2. The molecule has 0 spiro atoms. The van der Waals surface area contributed by atoms with E-state index in [-0.39, 0.29) is 11.7 Å². The van der Waals surface area contributed by atoms with Gasteiger partial charge in [-0.05, 0) is 43.5 Å². The number of rotatable bonds is 8. The number of thioether (sulfide) groups is 1. The maximum atomic E-state index is 12.2. The summed E-state index contributed by atoms with van der Waals surface area (Å²) < 4.78 is 0.743. The van der Waals surface area contributed by atoms with Crippen LogP contribution in [-0.2, 0) is 4.79 Å². The van der Waals surface area contributed by atoms with Gasteiger partial charge in [-0.25, -0.2) is 4.98 Å². The van der Waals surface area contributed by atoms with Crippen molar-refractivity contribution in [3.8, 4) is 11.3 Å². The second-order valence-corrected chi connectivity index (χ2v) is 9.23. The average Bonchev–Trinajstić information content (AvgIpc) is 3.31. The first-order chi connectivity index (χ1) is 13.5. The molecule has 2 heterocycles. The molecule has 3 rings (SSSR count). The largest absolute Gasteiger partial charge is 0.357 e. The first-order valence-corrected chi connectivity index (χ1v) is 11.3. The van der Waals surface area contributed by atoms with Gasteiger partial charge < -0.3 is 10.6 Å². The van der Waals surface area contributed by atoms with Crippen LogP contribution >= 0.6 is 34.4 Å². The Hall–Kier alpha value is -2.23. The van der Waals surface area contributed by atoms with Crippen molar-refractivity contribution < 1.29 is 4.79 Å². The van der Waals surface area contributed by atoms with Crippen LogP contribution in [0.15, 0.2) is 34.5 Å². The SMILES string of the molecule is C=CCNc1nnc(SCC(=O)Nc2nc(-c3cc(C)c(C)cc3C)cs2)s1. The van der Waals surface area contributed by atoms with Gasteiger partial charge in [-0.1, -0.05) is 35.2 Å². The highest BCUT2D eigenvalue weighted by Crippen LogP contribution is 2.30. The summed E-state index contributed by atoms with van der Waals surface area (Å²) in [6.45, 7) is 10.6. The highest BCUT2D eigenvalue weighted by Gasteiger charge is 2.12. The topological polar surface area (TPSA) is 79.8 Å². The average molecular weight is 432 g/mol. The fourth-order valence-corrected chi connectivity index (χ4v) is 4.76. The van der Waals surface area contributed by atoms with Gasteiger partial charge in [-0.3, -0.25) is 4.79 Å². The lowest BCUT2D eigenvalue weighted by Gasteiger charge is -2.07. The number of anilines is 2. The van der Waals surface area contributed by atoms with Crippen LogP contribution in [0.5, 0.6) is 0 Å². The third-order valence-electron chi connectivity index (χ3n) is 4.00. The van der Waals surface area contributed by atoms with Crippen LogP contribution in [0.25, 0.3) is 11.3 Å². The number of hydrogen-bond acceptors (Lipinski definition) is 8. The van der Waals surface area contributed by atoms with E-state index in [1.807, 2.05) is 5.38 Å². The predicted octanol–water partition coefficient (Wildman–Crippen LogP) is 4.92. The summed E-state index contributed by atoms with van der Waals surface area (Å²) in [6, 6.07) is 4.31. The lowest BCUT2D eigenvalue weighted by atomic mass is 9.99. The predicted molar refractivity (Wildman–Crippen MR) is 120 cm³/mol. The third kappa shape index (κ3) is 5.18. The lowest BCUT2D eigenvalue weighted by Crippen LogP contribution is -2.13. The molecule has 2 N–H and O–H groups in total. The molecule has 28 heavy (non-hydrogen) atoms. The molecule has 3 aromatic rings. The Morgan fingerprint density at radius 3 is 2.75 bits per heavy atom. The molecule has 0 aliphatic rings. The number of carbonyl (C=O) groups is 1. The van der Waals surface area contributed by atoms with Crippen LogP contribution in [-0.4, -0.2) is 33.4 Å². The minimum absolute atomic E-state index is 0.112. The van der Waals surface area contributed by atoms with Gasteiger partial charge in [0.25, 0.3) is 0 Å². The van der Waals surface area contributed by atoms with Crippen molar-refractivity contribution in [2.24, 2.45) is 0 Å². The molecule has 2 aromatic heterocycles. The van der Waals surface area contributed by atoms with Gasteiger partial charge in [0.2, 0.25) is 11.0 Å². The van der Waals surface area contributed by atoms with Crippen molar-refractivity contribution in [3.63, 3.8) is 0 Å². The van der Waals surface area contributed by atoms with E-state index < -0.39 is 0 Å². The van der Waals surface area contributed by atoms with E-state index in [2.05, 4.69) is 65.3 Å². The van der Waals surface area contributed by atoms with E-state index in [0.29, 0.717) is 11.7 Å². The quantitative estimate of drug-likeness (QED) is 0.389. The number of amides is 1. The van der Waals surface area contributed by atoms with Crippen LogP contribution in [0.3, 0.4) is 0 Å². The molecule has 0 unspecified atom stereocenters. The van der Waals surface area contributed by atoms with Gasteiger partial charge in [0, 0.05) is 17.5 Å². The second-order valence-electron chi connectivity index (χ2n) is 6.17. The molecule has 0 atom stereocenters. The monoisotopic (exact) mass is 431 g/mol. The number of hydrogen-bond donors (Lipinski definition) is 2. The minimum Gasteiger partial charge on any atom is -0.357 e. The molecule has 146 valence electrons. The molecular formula is C19H21N5OS3. The summed E-state index contributed by atoms with van der Waals surface area (Å²) in [4.78, 5) is 16.8. The Morgan fingerprint density at radius 2 is 1.96 bits per heavy atom. The van der Waals surface area contributed by atoms with Gasteiger partial charge in [-0.15, -0.1) is 28.1 Å². The van der Waals surface area contributed by atoms with Crippen LogP contribution in [0.4, 0.5) is 10.3 Å². The molecular weight excluding hydrogens is 410 g/mol. The number of nitrogens with zero attached hydrogens (tertiary/aromatic N) is 3. The molecule has 0 aliphatic heterocycles. The maximum Gasteiger partial charge on any atom is 0.236 e. The molecule has 0 bridgehead atoms. The van der Waals surface area contributed by atoms with Gasteiger partial charge in [0.1, 0.15) is 0 Å². The summed E-state index contributed by atoms with van der Waals surface area (Å²) >= 11 is 4.20. The normalized spacial score (nSPS) is 10.7. The van der Waals surface area contributed by atoms with Crippen molar-refractivity contribution in [1.29, 1.82) is 0 Å². The highest BCUT2D eigenvalue weighted by atomic mass is 32.2. The molecule has 1 aromatic carbocycles. The van der Waals surface area contributed by atoms with Crippen molar-refractivity contribution in [2.75, 3.05) is 22.9 Å². The number of benzene rings is 1. The standard InChI is InChI=1S/C19H21N5OS3/c1-5-6-20-17-23-24-19(28-17)27-10-16(25)22-18-21-15(9-26-18)14-8-12(3)11(2)7-13(14)4/h5,7-9H,1,6,10H2,2-4H3,(H,20,23)(H,21,22,25). The Labute approximate surface area is 176 Å². The summed E-state index contributed by atoms with van der Waals surface area (Å²) in [6.07, 6.45) is 1.75. The van der Waals surface area contributed by atoms with E-state index in [9.17, 15) is 4.79 Å². The van der Waals surface area contributed by atoms with Gasteiger partial charge >= 0.3 is 0 Å². The van der Waals surface area contributed by atoms with E-state index in [1.165, 1.54) is 51.1 Å². The third-order valence-corrected chi connectivity index (χ3v) is 6.77. The summed E-state index contributed by atoms with van der Waals surface area (Å²) in [5, 5.41) is 17.3. The zero-order valence-electron chi connectivity index (χ0n) is 15.9. The van der Waals surface area contributed by atoms with E-state index >= 15 is 0 Å². The van der Waals surface area contributed by atoms with Gasteiger partial charge in [0.15, 0.2) is 9.47 Å². The van der Waals surface area contributed by atoms with Crippen molar-refractivity contribution >= 4 is 50.6 Å². The fourth-order valence-electron chi connectivity index (χ4n) is 2.47. The molecule has 0 saturated carbocycles. The Balaban J connectivity index is 1.57. The van der Waals surface area contributed by atoms with E-state index in [0.717, 1.165) is 20.7 Å². The zero-order chi connectivity index (χ0) is 20.1. The summed E-state index contributed by atoms with van der Waals surface area (Å²) in [5.74, 6) is 0.145. The highest BCUT2D eigenvalue weighted by molar-refractivity contribution is 8.01. The van der Waals surface area contributed by atoms with Gasteiger partial charge in [-0.2, -0.15) is 0 Å². The Morgan fingerprint density at radius 1 is 1.18 bits per heavy atom. The molecule has 9 heteroatoms. The van der Waals surface area contributed by atoms with Crippen LogP contribution in [0, 0.1) is 20.8 Å². The molecule has 0 radical (unpaired) electrons.